The number of amides is 1. The van der Waals surface area contributed by atoms with Crippen LogP contribution >= 0.6 is 11.6 Å². The van der Waals surface area contributed by atoms with Crippen molar-refractivity contribution in [2.45, 2.75) is 51.7 Å². The summed E-state index contributed by atoms with van der Waals surface area (Å²) in [4.78, 5) is 41.0. The first kappa shape index (κ1) is 29.7. The van der Waals surface area contributed by atoms with Gasteiger partial charge in [-0.25, -0.2) is 9.18 Å². The number of halogens is 2. The Morgan fingerprint density at radius 2 is 1.73 bits per heavy atom. The Morgan fingerprint density at radius 3 is 2.34 bits per heavy atom. The number of nitriles is 1. The molecule has 210 valence electrons. The molecular formula is C33H30ClFN2O4. The maximum Gasteiger partial charge on any atom is 0.338 e. The minimum Gasteiger partial charge on any atom is -0.456 e. The highest BCUT2D eigenvalue weighted by molar-refractivity contribution is 6.31. The minimum atomic E-state index is -0.770. The lowest BCUT2D eigenvalue weighted by Gasteiger charge is -2.34. The third-order valence-electron chi connectivity index (χ3n) is 6.73. The number of Topliss-reactive ketones (excluding diaryl/α,β-unsaturated/α-hetero) is 1. The van der Waals surface area contributed by atoms with E-state index in [0.717, 1.165) is 5.56 Å². The maximum absolute atomic E-state index is 14.9. The summed E-state index contributed by atoms with van der Waals surface area (Å²) < 4.78 is 20.3. The Hall–Kier alpha value is -4.28. The van der Waals surface area contributed by atoms with Crippen molar-refractivity contribution < 1.29 is 23.5 Å². The first-order chi connectivity index (χ1) is 19.5. The zero-order valence-corrected chi connectivity index (χ0v) is 23.9. The molecule has 0 N–H and O–H groups in total. The van der Waals surface area contributed by atoms with Gasteiger partial charge in [0.05, 0.1) is 28.3 Å². The van der Waals surface area contributed by atoms with Crippen molar-refractivity contribution in [3.8, 4) is 6.07 Å². The van der Waals surface area contributed by atoms with Crippen LogP contribution in [0.5, 0.6) is 0 Å². The van der Waals surface area contributed by atoms with Crippen LogP contribution in [0.1, 0.15) is 59.8 Å². The fourth-order valence-corrected chi connectivity index (χ4v) is 4.93. The molecule has 1 unspecified atom stereocenters. The van der Waals surface area contributed by atoms with Crippen molar-refractivity contribution in [2.75, 3.05) is 6.54 Å². The lowest BCUT2D eigenvalue weighted by atomic mass is 9.91. The highest BCUT2D eigenvalue weighted by atomic mass is 35.5. The summed E-state index contributed by atoms with van der Waals surface area (Å²) in [5.74, 6) is -1.81. The smallest absolute Gasteiger partial charge is 0.338 e. The number of ether oxygens (including phenoxy) is 1. The lowest BCUT2D eigenvalue weighted by Crippen LogP contribution is -2.48. The molecule has 1 heterocycles. The van der Waals surface area contributed by atoms with E-state index in [1.165, 1.54) is 23.1 Å². The molecular weight excluding hydrogens is 543 g/mol. The number of carbonyl (C=O) groups excluding carboxylic acids is 3. The maximum atomic E-state index is 14.9. The highest BCUT2D eigenvalue weighted by Crippen LogP contribution is 2.32. The molecule has 0 saturated carbocycles. The Labute approximate surface area is 244 Å². The van der Waals surface area contributed by atoms with Crippen LogP contribution < -0.4 is 0 Å². The summed E-state index contributed by atoms with van der Waals surface area (Å²) in [5.41, 5.74) is 1.81. The topological polar surface area (TPSA) is 87.5 Å². The van der Waals surface area contributed by atoms with E-state index in [2.05, 4.69) is 0 Å². The molecule has 0 radical (unpaired) electrons. The fraction of sp³-hybridized carbons (Fsp3) is 0.273. The minimum absolute atomic E-state index is 0.0176. The van der Waals surface area contributed by atoms with Crippen LogP contribution in [-0.4, -0.2) is 40.7 Å². The molecule has 1 amide bonds. The number of carbonyl (C=O) groups is 3. The third kappa shape index (κ3) is 7.27. The molecule has 41 heavy (non-hydrogen) atoms. The van der Waals surface area contributed by atoms with Gasteiger partial charge in [-0.2, -0.15) is 5.26 Å². The van der Waals surface area contributed by atoms with E-state index < -0.39 is 29.3 Å². The summed E-state index contributed by atoms with van der Waals surface area (Å²) in [6.45, 7) is 5.54. The van der Waals surface area contributed by atoms with Crippen LogP contribution in [-0.2, 0) is 27.2 Å². The molecule has 3 aromatic carbocycles. The van der Waals surface area contributed by atoms with E-state index in [4.69, 9.17) is 16.3 Å². The molecule has 6 nitrogen and oxygen atoms in total. The summed E-state index contributed by atoms with van der Waals surface area (Å²) >= 11 is 5.96. The van der Waals surface area contributed by atoms with Gasteiger partial charge in [0.25, 0.3) is 0 Å². The van der Waals surface area contributed by atoms with Crippen molar-refractivity contribution >= 4 is 34.8 Å². The quantitative estimate of drug-likeness (QED) is 0.294. The second-order valence-corrected chi connectivity index (χ2v) is 11.3. The SMILES string of the molecule is CC(C)(C)OC(=O)c1ccc(CC(=O)C(Cc2ccccc2)N2CCC(c3c(C#N)ccc(Cl)c3F)=CC2=O)cc1. The van der Waals surface area contributed by atoms with Crippen LogP contribution in [0.15, 0.2) is 72.8 Å². The molecule has 3 aromatic rings. The molecule has 4 rings (SSSR count). The number of hydrogen-bond donors (Lipinski definition) is 0. The van der Waals surface area contributed by atoms with E-state index in [-0.39, 0.29) is 41.3 Å². The number of rotatable bonds is 8. The van der Waals surface area contributed by atoms with Crippen molar-refractivity contribution in [3.05, 3.63) is 111 Å². The average molecular weight is 573 g/mol. The predicted molar refractivity (Wildman–Crippen MR) is 155 cm³/mol. The van der Waals surface area contributed by atoms with Crippen LogP contribution in [0.25, 0.3) is 5.57 Å². The van der Waals surface area contributed by atoms with E-state index in [0.29, 0.717) is 23.1 Å². The molecule has 1 aliphatic rings. The Bertz CT molecular complexity index is 1540. The molecule has 0 fully saturated rings. The molecule has 0 bridgehead atoms. The monoisotopic (exact) mass is 572 g/mol. The van der Waals surface area contributed by atoms with Crippen LogP contribution in [0.3, 0.4) is 0 Å². The zero-order valence-electron chi connectivity index (χ0n) is 23.1. The lowest BCUT2D eigenvalue weighted by molar-refractivity contribution is -0.136. The van der Waals surface area contributed by atoms with Gasteiger partial charge in [-0.05, 0) is 74.6 Å². The first-order valence-corrected chi connectivity index (χ1v) is 13.6. The summed E-state index contributed by atoms with van der Waals surface area (Å²) in [7, 11) is 0. The van der Waals surface area contributed by atoms with Crippen molar-refractivity contribution in [1.82, 2.24) is 4.90 Å². The zero-order chi connectivity index (χ0) is 29.7. The normalized spacial score (nSPS) is 14.2. The molecule has 1 aliphatic heterocycles. The number of benzene rings is 3. The number of ketones is 1. The Morgan fingerprint density at radius 1 is 1.05 bits per heavy atom. The fourth-order valence-electron chi connectivity index (χ4n) is 4.77. The first-order valence-electron chi connectivity index (χ1n) is 13.3. The van der Waals surface area contributed by atoms with Crippen LogP contribution in [0, 0.1) is 17.1 Å². The molecule has 0 saturated heterocycles. The van der Waals surface area contributed by atoms with Crippen molar-refractivity contribution in [3.63, 3.8) is 0 Å². The second-order valence-electron chi connectivity index (χ2n) is 10.9. The molecule has 0 aromatic heterocycles. The van der Waals surface area contributed by atoms with Gasteiger partial charge in [0.15, 0.2) is 11.6 Å². The summed E-state index contributed by atoms with van der Waals surface area (Å²) in [6, 6.07) is 20.0. The van der Waals surface area contributed by atoms with Gasteiger partial charge >= 0.3 is 5.97 Å². The molecule has 0 aliphatic carbocycles. The number of nitrogens with zero attached hydrogens (tertiary/aromatic N) is 2. The number of hydrogen-bond acceptors (Lipinski definition) is 5. The van der Waals surface area contributed by atoms with Crippen molar-refractivity contribution in [1.29, 1.82) is 5.26 Å². The van der Waals surface area contributed by atoms with Gasteiger partial charge in [-0.15, -0.1) is 0 Å². The van der Waals surface area contributed by atoms with Crippen LogP contribution in [0.2, 0.25) is 5.02 Å². The van der Waals surface area contributed by atoms with Gasteiger partial charge in [-0.3, -0.25) is 9.59 Å². The van der Waals surface area contributed by atoms with Gasteiger partial charge in [0.1, 0.15) is 5.60 Å². The largest absolute Gasteiger partial charge is 0.456 e. The standard InChI is InChI=1S/C33H30ClFN2O4/c1-33(2,3)41-32(40)23-11-9-22(10-12-23)18-28(38)27(17-21-7-5-4-6-8-21)37-16-15-24(19-29(37)39)30-25(20-36)13-14-26(34)31(30)35/h4-14,19,27H,15-18H2,1-3H3. The predicted octanol–water partition coefficient (Wildman–Crippen LogP) is 6.34. The van der Waals surface area contributed by atoms with Gasteiger partial charge in [0.2, 0.25) is 5.91 Å². The van der Waals surface area contributed by atoms with E-state index in [1.54, 1.807) is 45.0 Å². The van der Waals surface area contributed by atoms with E-state index in [1.807, 2.05) is 36.4 Å². The summed E-state index contributed by atoms with van der Waals surface area (Å²) in [6.07, 6.45) is 1.90. The van der Waals surface area contributed by atoms with E-state index in [9.17, 15) is 24.0 Å². The molecule has 8 heteroatoms. The molecule has 0 spiro atoms. The highest BCUT2D eigenvalue weighted by Gasteiger charge is 2.33. The van der Waals surface area contributed by atoms with Gasteiger partial charge < -0.3 is 9.64 Å². The van der Waals surface area contributed by atoms with Gasteiger partial charge in [0, 0.05) is 24.6 Å². The van der Waals surface area contributed by atoms with E-state index >= 15 is 0 Å². The Balaban J connectivity index is 1.58. The third-order valence-corrected chi connectivity index (χ3v) is 7.02. The molecule has 1 atom stereocenters. The average Bonchev–Trinajstić information content (AvgIpc) is 2.93. The number of esters is 1. The second kappa shape index (κ2) is 12.5. The summed E-state index contributed by atoms with van der Waals surface area (Å²) in [5, 5.41) is 9.36. The van der Waals surface area contributed by atoms with Gasteiger partial charge in [-0.1, -0.05) is 54.1 Å². The Kier molecular flexibility index (Phi) is 9.05. The van der Waals surface area contributed by atoms with Crippen LogP contribution in [0.4, 0.5) is 4.39 Å². The van der Waals surface area contributed by atoms with Crippen molar-refractivity contribution in [2.24, 2.45) is 0 Å².